The first-order valence-corrected chi connectivity index (χ1v) is 8.17. The van der Waals surface area contributed by atoms with E-state index >= 15 is 0 Å². The summed E-state index contributed by atoms with van der Waals surface area (Å²) >= 11 is 1.81. The molecule has 0 fully saturated rings. The molecule has 0 saturated heterocycles. The number of para-hydroxylation sites is 1. The summed E-state index contributed by atoms with van der Waals surface area (Å²) in [7, 11) is 0. The number of ether oxygens (including phenoxy) is 2. The van der Waals surface area contributed by atoms with Crippen molar-refractivity contribution < 1.29 is 9.47 Å². The van der Waals surface area contributed by atoms with Crippen molar-refractivity contribution in [2.45, 2.75) is 17.7 Å². The lowest BCUT2D eigenvalue weighted by Crippen LogP contribution is -1.97. The minimum absolute atomic E-state index is 0.724. The van der Waals surface area contributed by atoms with Crippen molar-refractivity contribution in [3.05, 3.63) is 48.0 Å². The van der Waals surface area contributed by atoms with E-state index in [-0.39, 0.29) is 0 Å². The number of nitrogens with two attached hydrogens (primary N) is 1. The number of hydrogen-bond donors (Lipinski definition) is 1. The molecule has 1 aliphatic heterocycles. The van der Waals surface area contributed by atoms with Gasteiger partial charge in [0.15, 0.2) is 11.5 Å². The van der Waals surface area contributed by atoms with E-state index in [1.54, 1.807) is 0 Å². The van der Waals surface area contributed by atoms with E-state index in [0.29, 0.717) is 0 Å². The molecule has 21 heavy (non-hydrogen) atoms. The molecule has 0 atom stereocenters. The van der Waals surface area contributed by atoms with Crippen molar-refractivity contribution in [2.75, 3.05) is 24.7 Å². The molecule has 2 aromatic rings. The molecule has 3 nitrogen and oxygen atoms in total. The SMILES string of the molecule is Nc1ccccc1CCSc1ccc2c(c1)OCCCO2. The van der Waals surface area contributed by atoms with Gasteiger partial charge in [-0.25, -0.2) is 0 Å². The fourth-order valence-electron chi connectivity index (χ4n) is 2.27. The standard InChI is InChI=1S/C17H19NO2S/c18-15-5-2-1-4-13(15)8-11-21-14-6-7-16-17(12-14)20-10-3-9-19-16/h1-2,4-7,12H,3,8-11,18H2. The Labute approximate surface area is 129 Å². The molecule has 0 spiro atoms. The minimum Gasteiger partial charge on any atom is -0.490 e. The van der Waals surface area contributed by atoms with Crippen LogP contribution >= 0.6 is 11.8 Å². The Bertz CT molecular complexity index is 615. The average Bonchev–Trinajstić information content (AvgIpc) is 2.74. The Morgan fingerprint density at radius 3 is 2.67 bits per heavy atom. The number of nitrogen functional groups attached to an aromatic ring is 1. The molecule has 0 unspecified atom stereocenters. The molecule has 0 aliphatic carbocycles. The molecule has 1 aliphatic rings. The number of benzene rings is 2. The van der Waals surface area contributed by atoms with Crippen LogP contribution in [0, 0.1) is 0 Å². The van der Waals surface area contributed by atoms with Crippen LogP contribution in [0.3, 0.4) is 0 Å². The summed E-state index contributed by atoms with van der Waals surface area (Å²) in [6, 6.07) is 14.2. The predicted octanol–water partition coefficient (Wildman–Crippen LogP) is 3.76. The van der Waals surface area contributed by atoms with Crippen LogP contribution in [0.1, 0.15) is 12.0 Å². The van der Waals surface area contributed by atoms with Crippen LogP contribution in [-0.2, 0) is 6.42 Å². The normalized spacial score (nSPS) is 13.7. The summed E-state index contributed by atoms with van der Waals surface area (Å²) < 4.78 is 11.4. The number of fused-ring (bicyclic) bond motifs is 1. The fourth-order valence-corrected chi connectivity index (χ4v) is 3.19. The van der Waals surface area contributed by atoms with Gasteiger partial charge in [-0.1, -0.05) is 18.2 Å². The van der Waals surface area contributed by atoms with Crippen LogP contribution in [0.5, 0.6) is 11.5 Å². The quantitative estimate of drug-likeness (QED) is 0.690. The molecule has 0 radical (unpaired) electrons. The highest BCUT2D eigenvalue weighted by Crippen LogP contribution is 2.34. The van der Waals surface area contributed by atoms with Gasteiger partial charge in [0, 0.05) is 22.8 Å². The Morgan fingerprint density at radius 1 is 1.00 bits per heavy atom. The monoisotopic (exact) mass is 301 g/mol. The molecule has 0 amide bonds. The fraction of sp³-hybridized carbons (Fsp3) is 0.294. The molecular formula is C17H19NO2S. The summed E-state index contributed by atoms with van der Waals surface area (Å²) in [4.78, 5) is 1.20. The van der Waals surface area contributed by atoms with Gasteiger partial charge in [-0.3, -0.25) is 0 Å². The summed E-state index contributed by atoms with van der Waals surface area (Å²) in [5, 5.41) is 0. The summed E-state index contributed by atoms with van der Waals surface area (Å²) in [5.41, 5.74) is 8.04. The highest BCUT2D eigenvalue weighted by molar-refractivity contribution is 7.99. The first-order valence-electron chi connectivity index (χ1n) is 7.19. The maximum Gasteiger partial charge on any atom is 0.162 e. The van der Waals surface area contributed by atoms with Crippen LogP contribution in [0.15, 0.2) is 47.4 Å². The third-order valence-electron chi connectivity index (χ3n) is 3.41. The maximum atomic E-state index is 5.96. The van der Waals surface area contributed by atoms with Crippen LogP contribution in [0.2, 0.25) is 0 Å². The zero-order valence-electron chi connectivity index (χ0n) is 11.9. The Hall–Kier alpha value is -1.81. The van der Waals surface area contributed by atoms with Gasteiger partial charge >= 0.3 is 0 Å². The Morgan fingerprint density at radius 2 is 1.81 bits per heavy atom. The third-order valence-corrected chi connectivity index (χ3v) is 4.41. The first-order chi connectivity index (χ1) is 10.3. The number of thioether (sulfide) groups is 1. The van der Waals surface area contributed by atoms with Gasteiger partial charge in [0.05, 0.1) is 13.2 Å². The lowest BCUT2D eigenvalue weighted by Gasteiger charge is -2.09. The van der Waals surface area contributed by atoms with Crippen molar-refractivity contribution in [2.24, 2.45) is 0 Å². The molecular weight excluding hydrogens is 282 g/mol. The van der Waals surface area contributed by atoms with Crippen LogP contribution in [-0.4, -0.2) is 19.0 Å². The van der Waals surface area contributed by atoms with Gasteiger partial charge in [-0.15, -0.1) is 11.8 Å². The summed E-state index contributed by atoms with van der Waals surface area (Å²) in [6.45, 7) is 1.45. The Balaban J connectivity index is 1.61. The van der Waals surface area contributed by atoms with E-state index in [1.807, 2.05) is 36.0 Å². The van der Waals surface area contributed by atoms with Crippen LogP contribution in [0.4, 0.5) is 5.69 Å². The van der Waals surface area contributed by atoms with E-state index < -0.39 is 0 Å². The van der Waals surface area contributed by atoms with Crippen molar-refractivity contribution >= 4 is 17.4 Å². The molecule has 2 N–H and O–H groups in total. The molecule has 110 valence electrons. The van der Waals surface area contributed by atoms with Gasteiger partial charge in [0.1, 0.15) is 0 Å². The van der Waals surface area contributed by atoms with Gasteiger partial charge in [0.2, 0.25) is 0 Å². The highest BCUT2D eigenvalue weighted by Gasteiger charge is 2.10. The lowest BCUT2D eigenvalue weighted by atomic mass is 10.1. The molecule has 2 aromatic carbocycles. The van der Waals surface area contributed by atoms with Crippen molar-refractivity contribution in [1.82, 2.24) is 0 Å². The number of aryl methyl sites for hydroxylation is 1. The van der Waals surface area contributed by atoms with Crippen molar-refractivity contribution in [1.29, 1.82) is 0 Å². The first kappa shape index (κ1) is 14.1. The second-order valence-corrected chi connectivity index (χ2v) is 6.12. The number of anilines is 1. The van der Waals surface area contributed by atoms with Crippen molar-refractivity contribution in [3.63, 3.8) is 0 Å². The zero-order chi connectivity index (χ0) is 14.5. The van der Waals surface area contributed by atoms with Crippen LogP contribution < -0.4 is 15.2 Å². The summed E-state index contributed by atoms with van der Waals surface area (Å²) in [5.74, 6) is 2.70. The minimum atomic E-state index is 0.724. The largest absolute Gasteiger partial charge is 0.490 e. The van der Waals surface area contributed by atoms with Crippen molar-refractivity contribution in [3.8, 4) is 11.5 Å². The number of rotatable bonds is 4. The van der Waals surface area contributed by atoms with E-state index in [9.17, 15) is 0 Å². The Kier molecular flexibility index (Phi) is 4.55. The molecule has 0 bridgehead atoms. The van der Waals surface area contributed by atoms with Crippen LogP contribution in [0.25, 0.3) is 0 Å². The molecule has 0 saturated carbocycles. The highest BCUT2D eigenvalue weighted by atomic mass is 32.2. The molecule has 1 heterocycles. The van der Waals surface area contributed by atoms with E-state index in [2.05, 4.69) is 18.2 Å². The molecule has 4 heteroatoms. The second kappa shape index (κ2) is 6.76. The zero-order valence-corrected chi connectivity index (χ0v) is 12.7. The van der Waals surface area contributed by atoms with E-state index in [4.69, 9.17) is 15.2 Å². The topological polar surface area (TPSA) is 44.5 Å². The molecule has 3 rings (SSSR count). The van der Waals surface area contributed by atoms with Gasteiger partial charge in [-0.2, -0.15) is 0 Å². The molecule has 0 aromatic heterocycles. The average molecular weight is 301 g/mol. The second-order valence-electron chi connectivity index (χ2n) is 4.96. The van der Waals surface area contributed by atoms with E-state index in [0.717, 1.165) is 49.0 Å². The summed E-state index contributed by atoms with van der Waals surface area (Å²) in [6.07, 6.45) is 1.90. The van der Waals surface area contributed by atoms with E-state index in [1.165, 1.54) is 10.5 Å². The van der Waals surface area contributed by atoms with Gasteiger partial charge in [0.25, 0.3) is 0 Å². The predicted molar refractivity (Wildman–Crippen MR) is 87.3 cm³/mol. The van der Waals surface area contributed by atoms with Gasteiger partial charge < -0.3 is 15.2 Å². The van der Waals surface area contributed by atoms with Gasteiger partial charge in [-0.05, 0) is 36.2 Å². The smallest absolute Gasteiger partial charge is 0.162 e. The maximum absolute atomic E-state index is 5.96. The lowest BCUT2D eigenvalue weighted by molar-refractivity contribution is 0.297. The third kappa shape index (κ3) is 3.64. The number of hydrogen-bond acceptors (Lipinski definition) is 4.